The predicted octanol–water partition coefficient (Wildman–Crippen LogP) is 5.29. The molecule has 0 amide bonds. The fourth-order valence-electron chi connectivity index (χ4n) is 3.11. The van der Waals surface area contributed by atoms with Gasteiger partial charge in [0.25, 0.3) is 0 Å². The number of hydrogen-bond donors (Lipinski definition) is 3. The molecule has 2 heterocycles. The van der Waals surface area contributed by atoms with Gasteiger partial charge >= 0.3 is 6.18 Å². The van der Waals surface area contributed by atoms with Gasteiger partial charge < -0.3 is 25.2 Å². The lowest BCUT2D eigenvalue weighted by atomic mass is 10.2. The van der Waals surface area contributed by atoms with E-state index in [9.17, 15) is 18.3 Å². The van der Waals surface area contributed by atoms with E-state index in [0.29, 0.717) is 29.2 Å². The highest BCUT2D eigenvalue weighted by Gasteiger charge is 2.30. The van der Waals surface area contributed by atoms with Crippen molar-refractivity contribution in [3.05, 3.63) is 60.4 Å². The van der Waals surface area contributed by atoms with Gasteiger partial charge in [-0.2, -0.15) is 28.1 Å². The Balaban J connectivity index is 1.68. The molecule has 4 rings (SSSR count). The van der Waals surface area contributed by atoms with Crippen LogP contribution in [0.4, 0.5) is 30.8 Å². The molecular weight excluding hydrogens is 439 g/mol. The van der Waals surface area contributed by atoms with Crippen LogP contribution in [0.1, 0.15) is 18.9 Å². The van der Waals surface area contributed by atoms with Crippen LogP contribution >= 0.6 is 0 Å². The normalized spacial score (nSPS) is 13.5. The molecule has 0 unspecified atom stereocenters. The minimum atomic E-state index is -4.43. The van der Waals surface area contributed by atoms with Crippen molar-refractivity contribution in [3.63, 3.8) is 0 Å². The summed E-state index contributed by atoms with van der Waals surface area (Å²) in [6, 6.07) is 9.17. The van der Waals surface area contributed by atoms with E-state index >= 15 is 0 Å². The molecule has 3 N–H and O–H groups in total. The van der Waals surface area contributed by atoms with Gasteiger partial charge in [0.05, 0.1) is 11.6 Å². The van der Waals surface area contributed by atoms with Crippen LogP contribution in [-0.4, -0.2) is 32.9 Å². The summed E-state index contributed by atoms with van der Waals surface area (Å²) in [5, 5.41) is 15.7. The van der Waals surface area contributed by atoms with E-state index in [2.05, 4.69) is 32.2 Å². The van der Waals surface area contributed by atoms with Gasteiger partial charge in [0.2, 0.25) is 18.7 Å². The summed E-state index contributed by atoms with van der Waals surface area (Å²) in [7, 11) is 0. The van der Waals surface area contributed by atoms with E-state index in [-0.39, 0.29) is 30.3 Å². The Hall–Kier alpha value is -4.02. The van der Waals surface area contributed by atoms with Crippen molar-refractivity contribution in [2.45, 2.75) is 25.6 Å². The third kappa shape index (κ3) is 5.08. The first-order valence-electron chi connectivity index (χ1n) is 9.97. The summed E-state index contributed by atoms with van der Waals surface area (Å²) in [4.78, 5) is 13.1. The number of aromatic nitrogens is 3. The van der Waals surface area contributed by atoms with Crippen LogP contribution in [0.2, 0.25) is 0 Å². The maximum Gasteiger partial charge on any atom is 0.416 e. The number of halogens is 3. The standard InChI is InChI=1S/C22H20F3N5O3/c1-3-16(12(2)31)27-21-29-19(13-4-9-17-18(10-13)33-11-32-17)28-20(30-21)26-15-7-5-14(6-8-15)22(23,24)25/h4-10,16,31H,2-3,11H2,1H3,(H2,26,27,28,29,30)/t16-/m0/s1. The van der Waals surface area contributed by atoms with E-state index in [4.69, 9.17) is 9.47 Å². The quantitative estimate of drug-likeness (QED) is 0.410. The Bertz CT molecular complexity index is 1170. The van der Waals surface area contributed by atoms with Crippen molar-refractivity contribution in [3.8, 4) is 22.9 Å². The molecule has 0 saturated heterocycles. The lowest BCUT2D eigenvalue weighted by Crippen LogP contribution is -2.22. The summed E-state index contributed by atoms with van der Waals surface area (Å²) >= 11 is 0. The minimum Gasteiger partial charge on any atom is -0.511 e. The first-order valence-corrected chi connectivity index (χ1v) is 9.97. The fraction of sp³-hybridized carbons (Fsp3) is 0.227. The van der Waals surface area contributed by atoms with Gasteiger partial charge in [0, 0.05) is 11.3 Å². The van der Waals surface area contributed by atoms with Gasteiger partial charge in [-0.1, -0.05) is 13.5 Å². The van der Waals surface area contributed by atoms with Crippen LogP contribution in [0.15, 0.2) is 54.8 Å². The molecular formula is C22H20F3N5O3. The van der Waals surface area contributed by atoms with Gasteiger partial charge in [0.15, 0.2) is 17.3 Å². The smallest absolute Gasteiger partial charge is 0.416 e. The maximum atomic E-state index is 12.8. The average Bonchev–Trinajstić information content (AvgIpc) is 3.25. The lowest BCUT2D eigenvalue weighted by Gasteiger charge is -2.17. The minimum absolute atomic E-state index is 0.0835. The highest BCUT2D eigenvalue weighted by atomic mass is 19.4. The predicted molar refractivity (Wildman–Crippen MR) is 116 cm³/mol. The molecule has 8 nitrogen and oxygen atoms in total. The Labute approximate surface area is 187 Å². The average molecular weight is 459 g/mol. The van der Waals surface area contributed by atoms with Crippen LogP contribution in [-0.2, 0) is 6.18 Å². The van der Waals surface area contributed by atoms with Gasteiger partial charge in [-0.25, -0.2) is 0 Å². The van der Waals surface area contributed by atoms with Crippen LogP contribution in [0.25, 0.3) is 11.4 Å². The topological polar surface area (TPSA) is 101 Å². The van der Waals surface area contributed by atoms with Gasteiger partial charge in [0.1, 0.15) is 5.76 Å². The molecule has 0 fully saturated rings. The Morgan fingerprint density at radius 2 is 1.76 bits per heavy atom. The van der Waals surface area contributed by atoms with E-state index in [0.717, 1.165) is 12.1 Å². The number of ether oxygens (including phenoxy) is 2. The maximum absolute atomic E-state index is 12.8. The third-order valence-electron chi connectivity index (χ3n) is 4.85. The van der Waals surface area contributed by atoms with E-state index in [1.165, 1.54) is 12.1 Å². The Morgan fingerprint density at radius 1 is 1.06 bits per heavy atom. The molecule has 33 heavy (non-hydrogen) atoms. The van der Waals surface area contributed by atoms with E-state index in [1.54, 1.807) is 18.2 Å². The molecule has 1 aromatic heterocycles. The number of nitrogens with zero attached hydrogens (tertiary/aromatic N) is 3. The molecule has 0 saturated carbocycles. The summed E-state index contributed by atoms with van der Waals surface area (Å²) in [6.45, 7) is 5.50. The van der Waals surface area contributed by atoms with Gasteiger partial charge in [-0.15, -0.1) is 0 Å². The number of rotatable bonds is 7. The van der Waals surface area contributed by atoms with Gasteiger partial charge in [-0.3, -0.25) is 0 Å². The van der Waals surface area contributed by atoms with Crippen molar-refractivity contribution in [2.24, 2.45) is 0 Å². The van der Waals surface area contributed by atoms with E-state index < -0.39 is 17.8 Å². The number of aliphatic hydroxyl groups excluding tert-OH is 1. The molecule has 11 heteroatoms. The molecule has 0 aliphatic carbocycles. The Morgan fingerprint density at radius 3 is 2.42 bits per heavy atom. The number of fused-ring (bicyclic) bond motifs is 1. The zero-order valence-corrected chi connectivity index (χ0v) is 17.5. The molecule has 3 aromatic rings. The van der Waals surface area contributed by atoms with Crippen LogP contribution in [0, 0.1) is 0 Å². The van der Waals surface area contributed by atoms with Crippen LogP contribution in [0.3, 0.4) is 0 Å². The number of aliphatic hydroxyl groups is 1. The first kappa shape index (κ1) is 22.2. The van der Waals surface area contributed by atoms with Crippen molar-refractivity contribution in [1.82, 2.24) is 15.0 Å². The largest absolute Gasteiger partial charge is 0.511 e. The zero-order chi connectivity index (χ0) is 23.6. The van der Waals surface area contributed by atoms with Crippen molar-refractivity contribution in [1.29, 1.82) is 0 Å². The van der Waals surface area contributed by atoms with Crippen molar-refractivity contribution < 1.29 is 27.8 Å². The second-order valence-electron chi connectivity index (χ2n) is 7.17. The molecule has 1 aliphatic rings. The molecule has 1 atom stereocenters. The second kappa shape index (κ2) is 8.85. The fourth-order valence-corrected chi connectivity index (χ4v) is 3.11. The van der Waals surface area contributed by atoms with Crippen LogP contribution < -0.4 is 20.1 Å². The first-order chi connectivity index (χ1) is 15.7. The molecule has 0 spiro atoms. The number of nitrogens with one attached hydrogen (secondary N) is 2. The zero-order valence-electron chi connectivity index (χ0n) is 17.5. The number of anilines is 3. The number of alkyl halides is 3. The third-order valence-corrected chi connectivity index (χ3v) is 4.85. The summed E-state index contributed by atoms with van der Waals surface area (Å²) < 4.78 is 49.3. The molecule has 2 aromatic carbocycles. The molecule has 1 aliphatic heterocycles. The summed E-state index contributed by atoms with van der Waals surface area (Å²) in [6.07, 6.45) is -3.92. The molecule has 0 radical (unpaired) electrons. The van der Waals surface area contributed by atoms with E-state index in [1.807, 2.05) is 6.92 Å². The highest BCUT2D eigenvalue weighted by molar-refractivity contribution is 5.65. The molecule has 172 valence electrons. The van der Waals surface area contributed by atoms with Crippen LogP contribution in [0.5, 0.6) is 11.5 Å². The SMILES string of the molecule is C=C(O)[C@H](CC)Nc1nc(Nc2ccc(C(F)(F)F)cc2)nc(-c2ccc3c(c2)OCO3)n1. The molecule has 0 bridgehead atoms. The number of benzene rings is 2. The summed E-state index contributed by atoms with van der Waals surface area (Å²) in [5.74, 6) is 1.57. The Kier molecular flexibility index (Phi) is 5.95. The van der Waals surface area contributed by atoms with Gasteiger partial charge in [-0.05, 0) is 48.9 Å². The second-order valence-corrected chi connectivity index (χ2v) is 7.17. The monoisotopic (exact) mass is 459 g/mol. The highest BCUT2D eigenvalue weighted by Crippen LogP contribution is 2.35. The lowest BCUT2D eigenvalue weighted by molar-refractivity contribution is -0.137. The van der Waals surface area contributed by atoms with Crippen molar-refractivity contribution in [2.75, 3.05) is 17.4 Å². The number of hydrogen-bond acceptors (Lipinski definition) is 8. The summed E-state index contributed by atoms with van der Waals surface area (Å²) in [5.41, 5.74) is 0.200. The van der Waals surface area contributed by atoms with Crippen molar-refractivity contribution >= 4 is 17.6 Å².